The molecule has 6 nitrogen and oxygen atoms in total. The van der Waals surface area contributed by atoms with Gasteiger partial charge in [-0.2, -0.15) is 0 Å². The van der Waals surface area contributed by atoms with Crippen LogP contribution in [0.4, 0.5) is 5.69 Å². The molecule has 0 spiro atoms. The van der Waals surface area contributed by atoms with Crippen molar-refractivity contribution in [2.75, 3.05) is 19.5 Å². The van der Waals surface area contributed by atoms with Crippen LogP contribution in [0, 0.1) is 0 Å². The number of nitrogens with zero attached hydrogens (tertiary/aromatic N) is 1. The Hall–Kier alpha value is -2.99. The van der Waals surface area contributed by atoms with Crippen LogP contribution >= 0.6 is 11.6 Å². The molecular weight excluding hydrogens is 344 g/mol. The van der Waals surface area contributed by atoms with Crippen molar-refractivity contribution in [1.29, 1.82) is 0 Å². The van der Waals surface area contributed by atoms with E-state index in [1.165, 1.54) is 13.5 Å². The number of aromatic nitrogens is 1. The molecule has 3 aromatic rings. The predicted molar refractivity (Wildman–Crippen MR) is 94.4 cm³/mol. The number of oxazole rings is 1. The van der Waals surface area contributed by atoms with Crippen molar-refractivity contribution < 1.29 is 18.7 Å². The molecule has 0 aliphatic heterocycles. The summed E-state index contributed by atoms with van der Waals surface area (Å²) in [6, 6.07) is 12.1. The normalized spacial score (nSPS) is 10.4. The molecule has 1 heterocycles. The zero-order valence-corrected chi connectivity index (χ0v) is 14.3. The molecule has 0 atom stereocenters. The Labute approximate surface area is 149 Å². The molecule has 1 amide bonds. The average molecular weight is 359 g/mol. The van der Waals surface area contributed by atoms with Gasteiger partial charge in [-0.25, -0.2) is 4.98 Å². The second kappa shape index (κ2) is 7.27. The first-order valence-corrected chi connectivity index (χ1v) is 7.73. The van der Waals surface area contributed by atoms with E-state index >= 15 is 0 Å². The Morgan fingerprint density at radius 3 is 2.72 bits per heavy atom. The highest BCUT2D eigenvalue weighted by Crippen LogP contribution is 2.31. The van der Waals surface area contributed by atoms with Gasteiger partial charge in [0.15, 0.2) is 17.8 Å². The number of rotatable bonds is 5. The number of carbonyl (C=O) groups excluding carboxylic acids is 1. The third-order valence-corrected chi connectivity index (χ3v) is 3.76. The molecule has 3 rings (SSSR count). The number of anilines is 1. The van der Waals surface area contributed by atoms with E-state index in [1.54, 1.807) is 49.6 Å². The molecule has 1 aromatic heterocycles. The highest BCUT2D eigenvalue weighted by molar-refractivity contribution is 6.30. The number of hydrogen-bond acceptors (Lipinski definition) is 5. The van der Waals surface area contributed by atoms with Crippen LogP contribution in [0.15, 0.2) is 53.3 Å². The van der Waals surface area contributed by atoms with E-state index in [1.807, 2.05) is 0 Å². The minimum atomic E-state index is -0.435. The molecule has 0 fully saturated rings. The average Bonchev–Trinajstić information content (AvgIpc) is 3.11. The van der Waals surface area contributed by atoms with Crippen molar-refractivity contribution in [3.8, 4) is 22.8 Å². The number of carbonyl (C=O) groups is 1. The highest BCUT2D eigenvalue weighted by atomic mass is 35.5. The van der Waals surface area contributed by atoms with Crippen LogP contribution in [-0.2, 0) is 0 Å². The summed E-state index contributed by atoms with van der Waals surface area (Å²) in [6.45, 7) is 0. The van der Waals surface area contributed by atoms with Gasteiger partial charge in [0.25, 0.3) is 5.91 Å². The van der Waals surface area contributed by atoms with Gasteiger partial charge in [-0.05, 0) is 24.3 Å². The molecule has 0 unspecified atom stereocenters. The van der Waals surface area contributed by atoms with Crippen molar-refractivity contribution >= 4 is 23.2 Å². The van der Waals surface area contributed by atoms with Gasteiger partial charge in [-0.15, -0.1) is 0 Å². The van der Waals surface area contributed by atoms with Crippen molar-refractivity contribution in [2.45, 2.75) is 0 Å². The van der Waals surface area contributed by atoms with Gasteiger partial charge in [0.1, 0.15) is 11.5 Å². The Bertz CT molecular complexity index is 908. The van der Waals surface area contributed by atoms with Crippen LogP contribution in [0.25, 0.3) is 11.3 Å². The van der Waals surface area contributed by atoms with Gasteiger partial charge in [0, 0.05) is 16.7 Å². The van der Waals surface area contributed by atoms with Gasteiger partial charge >= 0.3 is 0 Å². The first kappa shape index (κ1) is 16.9. The zero-order valence-electron chi connectivity index (χ0n) is 13.6. The summed E-state index contributed by atoms with van der Waals surface area (Å²) in [6.07, 6.45) is 1.22. The van der Waals surface area contributed by atoms with E-state index < -0.39 is 5.91 Å². The fourth-order valence-corrected chi connectivity index (χ4v) is 2.53. The van der Waals surface area contributed by atoms with Gasteiger partial charge in [0.2, 0.25) is 0 Å². The van der Waals surface area contributed by atoms with Crippen LogP contribution in [-0.4, -0.2) is 25.1 Å². The summed E-state index contributed by atoms with van der Waals surface area (Å²) >= 11 is 6.00. The standard InChI is InChI=1S/C18H15ClN2O4/c1-23-13-6-7-15(24-2)14(9-13)21-18(22)16-17(25-10-20-16)11-4-3-5-12(19)8-11/h3-10H,1-2H3,(H,21,22). The zero-order chi connectivity index (χ0) is 17.8. The molecule has 25 heavy (non-hydrogen) atoms. The van der Waals surface area contributed by atoms with Crippen LogP contribution < -0.4 is 14.8 Å². The monoisotopic (exact) mass is 358 g/mol. The minimum Gasteiger partial charge on any atom is -0.497 e. The smallest absolute Gasteiger partial charge is 0.278 e. The van der Waals surface area contributed by atoms with Gasteiger partial charge in [-0.1, -0.05) is 23.7 Å². The van der Waals surface area contributed by atoms with Gasteiger partial charge < -0.3 is 19.2 Å². The second-order valence-electron chi connectivity index (χ2n) is 5.06. The number of methoxy groups -OCH3 is 2. The van der Waals surface area contributed by atoms with Gasteiger partial charge in [0.05, 0.1) is 19.9 Å². The topological polar surface area (TPSA) is 73.6 Å². The van der Waals surface area contributed by atoms with Crippen LogP contribution in [0.3, 0.4) is 0 Å². The molecule has 7 heteroatoms. The third kappa shape index (κ3) is 3.59. The summed E-state index contributed by atoms with van der Waals surface area (Å²) in [4.78, 5) is 16.7. The number of ether oxygens (including phenoxy) is 2. The van der Waals surface area contributed by atoms with Gasteiger partial charge in [-0.3, -0.25) is 4.79 Å². The predicted octanol–water partition coefficient (Wildman–Crippen LogP) is 4.26. The summed E-state index contributed by atoms with van der Waals surface area (Å²) < 4.78 is 15.8. The number of benzene rings is 2. The third-order valence-electron chi connectivity index (χ3n) is 3.52. The van der Waals surface area contributed by atoms with E-state index in [0.717, 1.165) is 0 Å². The van der Waals surface area contributed by atoms with Crippen LogP contribution in [0.2, 0.25) is 5.02 Å². The Balaban J connectivity index is 1.92. The lowest BCUT2D eigenvalue weighted by Gasteiger charge is -2.11. The maximum Gasteiger partial charge on any atom is 0.278 e. The lowest BCUT2D eigenvalue weighted by Crippen LogP contribution is -2.14. The molecular formula is C18H15ClN2O4. The van der Waals surface area contributed by atoms with Crippen molar-refractivity contribution in [3.05, 3.63) is 59.6 Å². The molecule has 2 aromatic carbocycles. The van der Waals surface area contributed by atoms with Crippen LogP contribution in [0.5, 0.6) is 11.5 Å². The first-order chi connectivity index (χ1) is 12.1. The van der Waals surface area contributed by atoms with E-state index in [-0.39, 0.29) is 5.69 Å². The summed E-state index contributed by atoms with van der Waals surface area (Å²) in [7, 11) is 3.06. The molecule has 128 valence electrons. The lowest BCUT2D eigenvalue weighted by molar-refractivity contribution is 0.102. The molecule has 0 saturated heterocycles. The largest absolute Gasteiger partial charge is 0.497 e. The fraction of sp³-hybridized carbons (Fsp3) is 0.111. The van der Waals surface area contributed by atoms with Crippen LogP contribution in [0.1, 0.15) is 10.5 Å². The number of amides is 1. The molecule has 0 aliphatic rings. The van der Waals surface area contributed by atoms with Crippen molar-refractivity contribution in [2.24, 2.45) is 0 Å². The fourth-order valence-electron chi connectivity index (χ4n) is 2.34. The summed E-state index contributed by atoms with van der Waals surface area (Å²) in [5, 5.41) is 3.30. The number of halogens is 1. The summed E-state index contributed by atoms with van der Waals surface area (Å²) in [5.74, 6) is 0.991. The molecule has 1 N–H and O–H groups in total. The highest BCUT2D eigenvalue weighted by Gasteiger charge is 2.20. The molecule has 0 bridgehead atoms. The molecule has 0 radical (unpaired) electrons. The summed E-state index contributed by atoms with van der Waals surface area (Å²) in [5.41, 5.74) is 1.27. The minimum absolute atomic E-state index is 0.145. The Morgan fingerprint density at radius 2 is 2.00 bits per heavy atom. The van der Waals surface area contributed by atoms with Crippen molar-refractivity contribution in [3.63, 3.8) is 0 Å². The van der Waals surface area contributed by atoms with E-state index in [9.17, 15) is 4.79 Å². The lowest BCUT2D eigenvalue weighted by atomic mass is 10.1. The van der Waals surface area contributed by atoms with E-state index in [4.69, 9.17) is 25.5 Å². The Kier molecular flexibility index (Phi) is 4.90. The second-order valence-corrected chi connectivity index (χ2v) is 5.50. The first-order valence-electron chi connectivity index (χ1n) is 7.35. The van der Waals surface area contributed by atoms with E-state index in [0.29, 0.717) is 33.5 Å². The number of nitrogens with one attached hydrogen (secondary N) is 1. The van der Waals surface area contributed by atoms with Crippen molar-refractivity contribution in [1.82, 2.24) is 4.98 Å². The van der Waals surface area contributed by atoms with E-state index in [2.05, 4.69) is 10.3 Å². The quantitative estimate of drug-likeness (QED) is 0.737. The number of hydrogen-bond donors (Lipinski definition) is 1. The SMILES string of the molecule is COc1ccc(OC)c(NC(=O)c2ncoc2-c2cccc(Cl)c2)c1. The maximum absolute atomic E-state index is 12.7. The maximum atomic E-state index is 12.7. The Morgan fingerprint density at radius 1 is 1.16 bits per heavy atom. The molecule has 0 aliphatic carbocycles. The molecule has 0 saturated carbocycles.